The fraction of sp³-hybridized carbons (Fsp3) is 0.500. The molecule has 2 heterocycles. The average molecular weight is 222 g/mol. The summed E-state index contributed by atoms with van der Waals surface area (Å²) < 4.78 is 16.6. The van der Waals surface area contributed by atoms with E-state index in [1.165, 1.54) is 0 Å². The monoisotopic (exact) mass is 222 g/mol. The first-order valence-corrected chi connectivity index (χ1v) is 5.48. The van der Waals surface area contributed by atoms with Crippen molar-refractivity contribution < 1.29 is 19.3 Å². The van der Waals surface area contributed by atoms with E-state index in [9.17, 15) is 5.11 Å². The SMILES string of the molecule is O[C@@H]1C[C@H]2O[C@@H](c3ccccc3)OC[C@H]2O1. The van der Waals surface area contributed by atoms with E-state index in [1.807, 2.05) is 30.3 Å². The van der Waals surface area contributed by atoms with Gasteiger partial charge in [0.05, 0.1) is 12.7 Å². The Balaban J connectivity index is 1.72. The number of hydrogen-bond donors (Lipinski definition) is 1. The van der Waals surface area contributed by atoms with Crippen molar-refractivity contribution in [1.82, 2.24) is 0 Å². The number of hydrogen-bond acceptors (Lipinski definition) is 4. The molecule has 16 heavy (non-hydrogen) atoms. The quantitative estimate of drug-likeness (QED) is 0.775. The summed E-state index contributed by atoms with van der Waals surface area (Å²) in [4.78, 5) is 0. The van der Waals surface area contributed by atoms with Gasteiger partial charge in [-0.05, 0) is 0 Å². The predicted octanol–water partition coefficient (Wildman–Crippen LogP) is 1.21. The molecule has 0 unspecified atom stereocenters. The molecule has 4 atom stereocenters. The van der Waals surface area contributed by atoms with Gasteiger partial charge in [0.25, 0.3) is 0 Å². The Labute approximate surface area is 93.7 Å². The normalized spacial score (nSPS) is 38.3. The van der Waals surface area contributed by atoms with Crippen LogP contribution in [0.25, 0.3) is 0 Å². The van der Waals surface area contributed by atoms with Crippen molar-refractivity contribution in [3.05, 3.63) is 35.9 Å². The molecule has 1 aromatic carbocycles. The molecule has 86 valence electrons. The van der Waals surface area contributed by atoms with Crippen LogP contribution in [-0.2, 0) is 14.2 Å². The van der Waals surface area contributed by atoms with Crippen molar-refractivity contribution in [3.63, 3.8) is 0 Å². The molecule has 4 nitrogen and oxygen atoms in total. The molecule has 4 heteroatoms. The van der Waals surface area contributed by atoms with Crippen molar-refractivity contribution >= 4 is 0 Å². The third-order valence-corrected chi connectivity index (χ3v) is 2.96. The molecule has 2 fully saturated rings. The van der Waals surface area contributed by atoms with Gasteiger partial charge in [-0.1, -0.05) is 30.3 Å². The van der Waals surface area contributed by atoms with E-state index in [4.69, 9.17) is 14.2 Å². The second-order valence-electron chi connectivity index (χ2n) is 4.12. The van der Waals surface area contributed by atoms with Crippen LogP contribution in [0.5, 0.6) is 0 Å². The molecular formula is C12H14O4. The third-order valence-electron chi connectivity index (χ3n) is 2.96. The van der Waals surface area contributed by atoms with Crippen LogP contribution in [-0.4, -0.2) is 30.2 Å². The Morgan fingerprint density at radius 1 is 1.06 bits per heavy atom. The predicted molar refractivity (Wildman–Crippen MR) is 55.5 cm³/mol. The fourth-order valence-electron chi connectivity index (χ4n) is 2.15. The van der Waals surface area contributed by atoms with Gasteiger partial charge >= 0.3 is 0 Å². The molecule has 0 bridgehead atoms. The van der Waals surface area contributed by atoms with Gasteiger partial charge in [-0.25, -0.2) is 0 Å². The Morgan fingerprint density at radius 2 is 1.88 bits per heavy atom. The van der Waals surface area contributed by atoms with Crippen molar-refractivity contribution in [3.8, 4) is 0 Å². The summed E-state index contributed by atoms with van der Waals surface area (Å²) >= 11 is 0. The summed E-state index contributed by atoms with van der Waals surface area (Å²) in [7, 11) is 0. The second kappa shape index (κ2) is 4.14. The van der Waals surface area contributed by atoms with Gasteiger partial charge in [0.15, 0.2) is 12.6 Å². The zero-order valence-corrected chi connectivity index (χ0v) is 8.78. The van der Waals surface area contributed by atoms with Crippen LogP contribution in [0.15, 0.2) is 30.3 Å². The molecule has 2 aliphatic rings. The first kappa shape index (κ1) is 10.2. The molecule has 0 spiro atoms. The maximum atomic E-state index is 9.36. The fourth-order valence-corrected chi connectivity index (χ4v) is 2.15. The maximum Gasteiger partial charge on any atom is 0.184 e. The van der Waals surface area contributed by atoms with E-state index in [1.54, 1.807) is 0 Å². The molecule has 0 saturated carbocycles. The molecule has 2 aliphatic heterocycles. The Morgan fingerprint density at radius 3 is 2.69 bits per heavy atom. The van der Waals surface area contributed by atoms with Gasteiger partial charge in [0.2, 0.25) is 0 Å². The molecule has 0 aliphatic carbocycles. The summed E-state index contributed by atoms with van der Waals surface area (Å²) in [6, 6.07) is 9.80. The number of fused-ring (bicyclic) bond motifs is 1. The molecule has 3 rings (SSSR count). The highest BCUT2D eigenvalue weighted by Gasteiger charge is 2.41. The smallest absolute Gasteiger partial charge is 0.184 e. The van der Waals surface area contributed by atoms with Gasteiger partial charge in [-0.3, -0.25) is 0 Å². The molecule has 2 saturated heterocycles. The molecular weight excluding hydrogens is 208 g/mol. The van der Waals surface area contributed by atoms with Crippen LogP contribution in [0.4, 0.5) is 0 Å². The Bertz CT molecular complexity index is 353. The van der Waals surface area contributed by atoms with Gasteiger partial charge in [-0.15, -0.1) is 0 Å². The summed E-state index contributed by atoms with van der Waals surface area (Å²) in [6.45, 7) is 0.473. The number of rotatable bonds is 1. The first-order valence-electron chi connectivity index (χ1n) is 5.48. The van der Waals surface area contributed by atoms with Crippen molar-refractivity contribution in [2.45, 2.75) is 31.2 Å². The summed E-state index contributed by atoms with van der Waals surface area (Å²) in [6.07, 6.45) is -0.717. The second-order valence-corrected chi connectivity index (χ2v) is 4.12. The van der Waals surface area contributed by atoms with E-state index in [2.05, 4.69) is 0 Å². The molecule has 1 aromatic rings. The largest absolute Gasteiger partial charge is 0.368 e. The number of benzene rings is 1. The highest BCUT2D eigenvalue weighted by Crippen LogP contribution is 2.33. The summed E-state index contributed by atoms with van der Waals surface area (Å²) in [5.41, 5.74) is 1.00. The minimum absolute atomic E-state index is 0.0612. The minimum atomic E-state index is -0.715. The average Bonchev–Trinajstić information content (AvgIpc) is 2.69. The number of aliphatic hydroxyl groups is 1. The molecule has 0 amide bonds. The van der Waals surface area contributed by atoms with Crippen LogP contribution in [0.1, 0.15) is 18.3 Å². The van der Waals surface area contributed by atoms with E-state index in [-0.39, 0.29) is 18.5 Å². The lowest BCUT2D eigenvalue weighted by molar-refractivity contribution is -0.248. The van der Waals surface area contributed by atoms with E-state index < -0.39 is 6.29 Å². The van der Waals surface area contributed by atoms with Crippen LogP contribution in [0.3, 0.4) is 0 Å². The zero-order chi connectivity index (χ0) is 11.0. The van der Waals surface area contributed by atoms with Gasteiger partial charge in [0, 0.05) is 12.0 Å². The molecule has 0 radical (unpaired) electrons. The van der Waals surface area contributed by atoms with Crippen LogP contribution in [0, 0.1) is 0 Å². The standard InChI is InChI=1S/C12H14O4/c13-11-6-9-10(15-11)7-14-12(16-9)8-4-2-1-3-5-8/h1-5,9-13H,6-7H2/t9-,10-,11+,12+/m1/s1. The highest BCUT2D eigenvalue weighted by molar-refractivity contribution is 5.16. The lowest BCUT2D eigenvalue weighted by Gasteiger charge is -2.31. The van der Waals surface area contributed by atoms with Crippen LogP contribution < -0.4 is 0 Å². The van der Waals surface area contributed by atoms with E-state index in [0.717, 1.165) is 5.56 Å². The number of ether oxygens (including phenoxy) is 3. The first-order chi connectivity index (χ1) is 7.83. The lowest BCUT2D eigenvalue weighted by atomic mass is 10.1. The van der Waals surface area contributed by atoms with Crippen LogP contribution >= 0.6 is 0 Å². The topological polar surface area (TPSA) is 47.9 Å². The van der Waals surface area contributed by atoms with E-state index in [0.29, 0.717) is 13.0 Å². The van der Waals surface area contributed by atoms with Crippen LogP contribution in [0.2, 0.25) is 0 Å². The van der Waals surface area contributed by atoms with Gasteiger partial charge in [-0.2, -0.15) is 0 Å². The van der Waals surface area contributed by atoms with E-state index >= 15 is 0 Å². The Hall–Kier alpha value is -0.940. The minimum Gasteiger partial charge on any atom is -0.368 e. The van der Waals surface area contributed by atoms with Gasteiger partial charge < -0.3 is 19.3 Å². The maximum absolute atomic E-state index is 9.36. The molecule has 0 aromatic heterocycles. The van der Waals surface area contributed by atoms with Crippen molar-refractivity contribution in [2.75, 3.05) is 6.61 Å². The third kappa shape index (κ3) is 1.85. The summed E-state index contributed by atoms with van der Waals surface area (Å²) in [5, 5.41) is 9.36. The number of aliphatic hydroxyl groups excluding tert-OH is 1. The highest BCUT2D eigenvalue weighted by atomic mass is 16.7. The van der Waals surface area contributed by atoms with Gasteiger partial charge in [0.1, 0.15) is 6.10 Å². The molecule has 1 N–H and O–H groups in total. The van der Waals surface area contributed by atoms with Crippen molar-refractivity contribution in [1.29, 1.82) is 0 Å². The summed E-state index contributed by atoms with van der Waals surface area (Å²) in [5.74, 6) is 0. The zero-order valence-electron chi connectivity index (χ0n) is 8.78. The lowest BCUT2D eigenvalue weighted by Crippen LogP contribution is -2.37. The Kier molecular flexibility index (Phi) is 2.65. The van der Waals surface area contributed by atoms with Crippen molar-refractivity contribution in [2.24, 2.45) is 0 Å².